The minimum Gasteiger partial charge on any atom is -0.326 e. The molecule has 0 fully saturated rings. The summed E-state index contributed by atoms with van der Waals surface area (Å²) in [4.78, 5) is 26.6. The van der Waals surface area contributed by atoms with E-state index in [0.29, 0.717) is 10.8 Å². The molecule has 168 valence electrons. The fourth-order valence-corrected chi connectivity index (χ4v) is 4.11. The lowest BCUT2D eigenvalue weighted by Crippen LogP contribution is -2.49. The summed E-state index contributed by atoms with van der Waals surface area (Å²) < 4.78 is 0. The highest BCUT2D eigenvalue weighted by Crippen LogP contribution is 2.27. The number of amides is 3. The highest BCUT2D eigenvalue weighted by Gasteiger charge is 2.27. The first kappa shape index (κ1) is 23.7. The highest BCUT2D eigenvalue weighted by atomic mass is 32.2. The fourth-order valence-electron chi connectivity index (χ4n) is 2.95. The van der Waals surface area contributed by atoms with Crippen molar-refractivity contribution in [3.05, 3.63) is 54.1 Å². The Labute approximate surface area is 196 Å². The molecule has 7 nitrogen and oxygen atoms in total. The quantitative estimate of drug-likeness (QED) is 0.383. The SMILES string of the molecule is CCC(C)C(NC(=O)Nc1ccc(SC)cc1)C(=O)Nc1nnc(-c2ccc(C)cc2)s1. The lowest BCUT2D eigenvalue weighted by atomic mass is 9.98. The molecule has 1 heterocycles. The first-order valence-electron chi connectivity index (χ1n) is 10.3. The van der Waals surface area contributed by atoms with E-state index in [-0.39, 0.29) is 11.8 Å². The molecule has 32 heavy (non-hydrogen) atoms. The van der Waals surface area contributed by atoms with Gasteiger partial charge < -0.3 is 10.6 Å². The Morgan fingerprint density at radius 2 is 1.72 bits per heavy atom. The Morgan fingerprint density at radius 1 is 1.03 bits per heavy atom. The van der Waals surface area contributed by atoms with Crippen LogP contribution in [0.3, 0.4) is 0 Å². The molecule has 0 radical (unpaired) electrons. The molecule has 9 heteroatoms. The van der Waals surface area contributed by atoms with Gasteiger partial charge in [0.25, 0.3) is 0 Å². The molecule has 1 aromatic heterocycles. The first-order valence-corrected chi connectivity index (χ1v) is 12.4. The topological polar surface area (TPSA) is 96.0 Å². The Bertz CT molecular complexity index is 1050. The number of rotatable bonds is 8. The second-order valence-corrected chi connectivity index (χ2v) is 9.31. The lowest BCUT2D eigenvalue weighted by Gasteiger charge is -2.23. The van der Waals surface area contributed by atoms with Gasteiger partial charge in [0.1, 0.15) is 11.0 Å². The van der Waals surface area contributed by atoms with Crippen LogP contribution in [-0.4, -0.2) is 34.4 Å². The number of urea groups is 1. The molecule has 0 saturated heterocycles. The lowest BCUT2D eigenvalue weighted by molar-refractivity contribution is -0.119. The third kappa shape index (κ3) is 6.30. The summed E-state index contributed by atoms with van der Waals surface area (Å²) in [5.74, 6) is -0.386. The van der Waals surface area contributed by atoms with Crippen LogP contribution in [0.2, 0.25) is 0 Å². The number of carbonyl (C=O) groups excluding carboxylic acids is 2. The molecule has 0 aliphatic rings. The summed E-state index contributed by atoms with van der Waals surface area (Å²) in [6, 6.07) is 14.3. The molecule has 3 rings (SSSR count). The van der Waals surface area contributed by atoms with E-state index in [0.717, 1.165) is 27.5 Å². The molecule has 0 aliphatic carbocycles. The van der Waals surface area contributed by atoms with Gasteiger partial charge in [-0.1, -0.05) is 61.4 Å². The van der Waals surface area contributed by atoms with E-state index in [1.54, 1.807) is 11.8 Å². The molecule has 0 bridgehead atoms. The van der Waals surface area contributed by atoms with E-state index in [4.69, 9.17) is 0 Å². The van der Waals surface area contributed by atoms with Crippen LogP contribution in [0.5, 0.6) is 0 Å². The van der Waals surface area contributed by atoms with Gasteiger partial charge in [0.05, 0.1) is 0 Å². The fraction of sp³-hybridized carbons (Fsp3) is 0.304. The van der Waals surface area contributed by atoms with E-state index in [2.05, 4.69) is 26.1 Å². The van der Waals surface area contributed by atoms with Gasteiger partial charge in [-0.15, -0.1) is 22.0 Å². The summed E-state index contributed by atoms with van der Waals surface area (Å²) in [5, 5.41) is 17.8. The zero-order chi connectivity index (χ0) is 23.1. The van der Waals surface area contributed by atoms with Crippen LogP contribution in [0.4, 0.5) is 15.6 Å². The molecule has 2 unspecified atom stereocenters. The molecule has 2 atom stereocenters. The molecule has 3 N–H and O–H groups in total. The maximum absolute atomic E-state index is 13.0. The number of anilines is 2. The van der Waals surface area contributed by atoms with Crippen molar-refractivity contribution in [2.45, 2.75) is 38.1 Å². The summed E-state index contributed by atoms with van der Waals surface area (Å²) in [6.07, 6.45) is 2.72. The predicted octanol–water partition coefficient (Wildman–Crippen LogP) is 5.41. The predicted molar refractivity (Wildman–Crippen MR) is 132 cm³/mol. The molecular weight excluding hydrogens is 442 g/mol. The van der Waals surface area contributed by atoms with E-state index >= 15 is 0 Å². The number of nitrogens with zero attached hydrogens (tertiary/aromatic N) is 2. The highest BCUT2D eigenvalue weighted by molar-refractivity contribution is 7.98. The van der Waals surface area contributed by atoms with Crippen LogP contribution >= 0.6 is 23.1 Å². The van der Waals surface area contributed by atoms with Crippen molar-refractivity contribution >= 4 is 45.9 Å². The van der Waals surface area contributed by atoms with Gasteiger partial charge in [-0.2, -0.15) is 0 Å². The van der Waals surface area contributed by atoms with Crippen molar-refractivity contribution in [3.8, 4) is 10.6 Å². The first-order chi connectivity index (χ1) is 15.4. The Kier molecular flexibility index (Phi) is 8.24. The molecule has 2 aromatic carbocycles. The van der Waals surface area contributed by atoms with Crippen LogP contribution in [0.1, 0.15) is 25.8 Å². The number of aryl methyl sites for hydroxylation is 1. The average molecular weight is 470 g/mol. The minimum atomic E-state index is -0.711. The molecule has 0 aliphatic heterocycles. The number of nitrogens with one attached hydrogen (secondary N) is 3. The average Bonchev–Trinajstić information content (AvgIpc) is 3.26. The van der Waals surface area contributed by atoms with E-state index < -0.39 is 12.1 Å². The zero-order valence-corrected chi connectivity index (χ0v) is 20.1. The van der Waals surface area contributed by atoms with Gasteiger partial charge in [-0.05, 0) is 43.4 Å². The van der Waals surface area contributed by atoms with Crippen molar-refractivity contribution < 1.29 is 9.59 Å². The Morgan fingerprint density at radius 3 is 2.34 bits per heavy atom. The van der Waals surface area contributed by atoms with Crippen molar-refractivity contribution in [1.82, 2.24) is 15.5 Å². The molecular formula is C23H27N5O2S2. The van der Waals surface area contributed by atoms with E-state index in [9.17, 15) is 9.59 Å². The molecule has 0 saturated carbocycles. The van der Waals surface area contributed by atoms with E-state index in [1.807, 2.05) is 75.6 Å². The van der Waals surface area contributed by atoms with Crippen LogP contribution in [0.25, 0.3) is 10.6 Å². The standard InChI is InChI=1S/C23H27N5O2S2/c1-5-15(3)19(25-22(30)24-17-10-12-18(31-4)13-11-17)20(29)26-23-28-27-21(32-23)16-8-6-14(2)7-9-16/h6-13,15,19H,5H2,1-4H3,(H2,24,25,30)(H,26,28,29). The second kappa shape index (κ2) is 11.1. The summed E-state index contributed by atoms with van der Waals surface area (Å²) in [5.41, 5.74) is 2.76. The number of benzene rings is 2. The van der Waals surface area contributed by atoms with Gasteiger partial charge in [0.2, 0.25) is 11.0 Å². The van der Waals surface area contributed by atoms with Crippen LogP contribution < -0.4 is 16.0 Å². The third-order valence-corrected chi connectivity index (χ3v) is 6.71. The number of aromatic nitrogens is 2. The minimum absolute atomic E-state index is 0.0656. The second-order valence-electron chi connectivity index (χ2n) is 7.46. The van der Waals surface area contributed by atoms with Crippen LogP contribution in [-0.2, 0) is 4.79 Å². The summed E-state index contributed by atoms with van der Waals surface area (Å²) in [7, 11) is 0. The smallest absolute Gasteiger partial charge is 0.319 e. The van der Waals surface area contributed by atoms with E-state index in [1.165, 1.54) is 11.3 Å². The summed E-state index contributed by atoms with van der Waals surface area (Å²) in [6.45, 7) is 5.93. The number of hydrogen-bond acceptors (Lipinski definition) is 6. The Balaban J connectivity index is 1.65. The normalized spacial score (nSPS) is 12.6. The van der Waals surface area contributed by atoms with Crippen molar-refractivity contribution in [1.29, 1.82) is 0 Å². The molecule has 3 amide bonds. The zero-order valence-electron chi connectivity index (χ0n) is 18.5. The van der Waals surface area contributed by atoms with Crippen molar-refractivity contribution in [3.63, 3.8) is 0 Å². The van der Waals surface area contributed by atoms with Gasteiger partial charge in [-0.3, -0.25) is 10.1 Å². The molecule has 3 aromatic rings. The number of carbonyl (C=O) groups is 2. The van der Waals surface area contributed by atoms with Gasteiger partial charge in [0.15, 0.2) is 0 Å². The number of hydrogen-bond donors (Lipinski definition) is 3. The number of thioether (sulfide) groups is 1. The summed E-state index contributed by atoms with van der Waals surface area (Å²) >= 11 is 2.93. The maximum atomic E-state index is 13.0. The van der Waals surface area contributed by atoms with Gasteiger partial charge >= 0.3 is 6.03 Å². The van der Waals surface area contributed by atoms with Crippen molar-refractivity contribution in [2.75, 3.05) is 16.9 Å². The molecule has 0 spiro atoms. The Hall–Kier alpha value is -2.91. The van der Waals surface area contributed by atoms with Gasteiger partial charge in [0, 0.05) is 16.1 Å². The van der Waals surface area contributed by atoms with Gasteiger partial charge in [-0.25, -0.2) is 4.79 Å². The largest absolute Gasteiger partial charge is 0.326 e. The monoisotopic (exact) mass is 469 g/mol. The van der Waals surface area contributed by atoms with Crippen molar-refractivity contribution in [2.24, 2.45) is 5.92 Å². The maximum Gasteiger partial charge on any atom is 0.319 e. The third-order valence-electron chi connectivity index (χ3n) is 5.08. The van der Waals surface area contributed by atoms with Crippen LogP contribution in [0, 0.1) is 12.8 Å². The van der Waals surface area contributed by atoms with Crippen LogP contribution in [0.15, 0.2) is 53.4 Å².